The third-order valence-electron chi connectivity index (χ3n) is 6.63. The zero-order valence-electron chi connectivity index (χ0n) is 16.5. The van der Waals surface area contributed by atoms with Crippen LogP contribution in [-0.2, 0) is 30.3 Å². The molecule has 2 aromatic carbocycles. The summed E-state index contributed by atoms with van der Waals surface area (Å²) in [6.45, 7) is 3.03. The summed E-state index contributed by atoms with van der Waals surface area (Å²) < 4.78 is 16.7. The molecule has 3 aliphatic heterocycles. The van der Waals surface area contributed by atoms with Gasteiger partial charge in [-0.25, -0.2) is 9.59 Å². The van der Waals surface area contributed by atoms with Gasteiger partial charge in [0.05, 0.1) is 7.11 Å². The standard InChI is InChI=1S/C23H23NO5/c1-21-15-24(14-16-9-5-3-6-10-16)18(17-11-7-4-8-12-17)13-22(21)23(29-22,19(25)27-2)20(26)28-21/h3-12,18H,13-15H2,1-2H3. The molecule has 29 heavy (non-hydrogen) atoms. The molecule has 4 atom stereocenters. The second-order valence-corrected chi connectivity index (χ2v) is 8.24. The van der Waals surface area contributed by atoms with Crippen LogP contribution < -0.4 is 0 Å². The van der Waals surface area contributed by atoms with Crippen molar-refractivity contribution in [1.29, 1.82) is 0 Å². The Labute approximate surface area is 169 Å². The number of hydrogen-bond acceptors (Lipinski definition) is 6. The van der Waals surface area contributed by atoms with Gasteiger partial charge in [0.2, 0.25) is 0 Å². The lowest BCUT2D eigenvalue weighted by Crippen LogP contribution is -2.58. The van der Waals surface area contributed by atoms with E-state index in [2.05, 4.69) is 29.2 Å². The summed E-state index contributed by atoms with van der Waals surface area (Å²) in [7, 11) is 1.27. The van der Waals surface area contributed by atoms with E-state index >= 15 is 0 Å². The van der Waals surface area contributed by atoms with Crippen molar-refractivity contribution in [2.75, 3.05) is 13.7 Å². The lowest BCUT2D eigenvalue weighted by molar-refractivity contribution is -0.179. The molecule has 6 nitrogen and oxygen atoms in total. The van der Waals surface area contributed by atoms with Crippen LogP contribution in [0.2, 0.25) is 0 Å². The number of hydrogen-bond donors (Lipinski definition) is 0. The molecule has 3 saturated heterocycles. The molecule has 0 bridgehead atoms. The van der Waals surface area contributed by atoms with Gasteiger partial charge in [-0.3, -0.25) is 4.90 Å². The fraction of sp³-hybridized carbons (Fsp3) is 0.391. The molecule has 0 aromatic heterocycles. The molecule has 3 fully saturated rings. The number of benzene rings is 2. The van der Waals surface area contributed by atoms with Crippen LogP contribution in [0.5, 0.6) is 0 Å². The van der Waals surface area contributed by atoms with Crippen molar-refractivity contribution in [3.05, 3.63) is 71.8 Å². The summed E-state index contributed by atoms with van der Waals surface area (Å²) in [4.78, 5) is 27.6. The zero-order valence-corrected chi connectivity index (χ0v) is 16.5. The van der Waals surface area contributed by atoms with E-state index in [4.69, 9.17) is 14.2 Å². The minimum Gasteiger partial charge on any atom is -0.466 e. The topological polar surface area (TPSA) is 68.4 Å². The van der Waals surface area contributed by atoms with Gasteiger partial charge in [0, 0.05) is 25.6 Å². The summed E-state index contributed by atoms with van der Waals surface area (Å²) in [5.74, 6) is -1.31. The largest absolute Gasteiger partial charge is 0.466 e. The van der Waals surface area contributed by atoms with E-state index in [1.165, 1.54) is 12.7 Å². The van der Waals surface area contributed by atoms with E-state index in [1.807, 2.05) is 43.3 Å². The highest BCUT2D eigenvalue weighted by molar-refractivity contribution is 6.11. The van der Waals surface area contributed by atoms with E-state index in [0.29, 0.717) is 19.5 Å². The maximum atomic E-state index is 12.7. The van der Waals surface area contributed by atoms with E-state index < -0.39 is 28.7 Å². The number of rotatable bonds is 4. The first-order valence-corrected chi connectivity index (χ1v) is 9.81. The van der Waals surface area contributed by atoms with E-state index in [-0.39, 0.29) is 6.04 Å². The number of nitrogens with zero attached hydrogens (tertiary/aromatic N) is 1. The molecular formula is C23H23NO5. The fourth-order valence-corrected chi connectivity index (χ4v) is 5.16. The van der Waals surface area contributed by atoms with Crippen LogP contribution >= 0.6 is 0 Å². The zero-order chi connectivity index (χ0) is 20.3. The molecular weight excluding hydrogens is 370 g/mol. The van der Waals surface area contributed by atoms with Crippen molar-refractivity contribution >= 4 is 11.9 Å². The van der Waals surface area contributed by atoms with Gasteiger partial charge in [0.15, 0.2) is 11.2 Å². The number of methoxy groups -OCH3 is 1. The van der Waals surface area contributed by atoms with Crippen molar-refractivity contribution < 1.29 is 23.8 Å². The molecule has 6 heteroatoms. The number of piperidine rings is 1. The lowest BCUT2D eigenvalue weighted by atomic mass is 9.72. The fourth-order valence-electron chi connectivity index (χ4n) is 5.16. The number of epoxide rings is 1. The second kappa shape index (κ2) is 6.15. The molecule has 3 heterocycles. The molecule has 4 unspecified atom stereocenters. The van der Waals surface area contributed by atoms with Gasteiger partial charge in [-0.1, -0.05) is 60.7 Å². The van der Waals surface area contributed by atoms with Gasteiger partial charge in [0.25, 0.3) is 5.60 Å². The molecule has 0 aliphatic carbocycles. The summed E-state index contributed by atoms with van der Waals surface area (Å²) in [5, 5.41) is 0. The summed E-state index contributed by atoms with van der Waals surface area (Å²) >= 11 is 0. The normalized spacial score (nSPS) is 35.4. The average Bonchev–Trinajstić information content (AvgIpc) is 3.38. The van der Waals surface area contributed by atoms with Crippen LogP contribution in [0.4, 0.5) is 0 Å². The second-order valence-electron chi connectivity index (χ2n) is 8.24. The summed E-state index contributed by atoms with van der Waals surface area (Å²) in [5.41, 5.74) is -1.26. The molecule has 2 aromatic rings. The molecule has 0 saturated carbocycles. The molecule has 1 spiro atoms. The highest BCUT2D eigenvalue weighted by atomic mass is 16.7. The van der Waals surface area contributed by atoms with Crippen molar-refractivity contribution in [2.24, 2.45) is 0 Å². The van der Waals surface area contributed by atoms with E-state index in [1.54, 1.807) is 0 Å². The predicted molar refractivity (Wildman–Crippen MR) is 104 cm³/mol. The Bertz CT molecular complexity index is 964. The Morgan fingerprint density at radius 1 is 1.14 bits per heavy atom. The number of esters is 2. The van der Waals surface area contributed by atoms with Crippen LogP contribution in [0.3, 0.4) is 0 Å². The van der Waals surface area contributed by atoms with Crippen LogP contribution in [-0.4, -0.2) is 47.3 Å². The van der Waals surface area contributed by atoms with Gasteiger partial charge in [-0.2, -0.15) is 0 Å². The van der Waals surface area contributed by atoms with Gasteiger partial charge in [-0.15, -0.1) is 0 Å². The number of likely N-dealkylation sites (tertiary alicyclic amines) is 1. The average molecular weight is 393 g/mol. The van der Waals surface area contributed by atoms with E-state index in [0.717, 1.165) is 5.56 Å². The Kier molecular flexibility index (Phi) is 3.89. The van der Waals surface area contributed by atoms with Gasteiger partial charge < -0.3 is 14.2 Å². The highest BCUT2D eigenvalue weighted by Gasteiger charge is 2.94. The third-order valence-corrected chi connectivity index (χ3v) is 6.63. The SMILES string of the molecule is COC(=O)C12OC13CC(c1ccccc1)N(Cc1ccccc1)CC3(C)OC2=O. The Morgan fingerprint density at radius 2 is 1.79 bits per heavy atom. The quantitative estimate of drug-likeness (QED) is 0.452. The van der Waals surface area contributed by atoms with Gasteiger partial charge in [0.1, 0.15) is 0 Å². The van der Waals surface area contributed by atoms with Crippen molar-refractivity contribution in [3.8, 4) is 0 Å². The monoisotopic (exact) mass is 393 g/mol. The van der Waals surface area contributed by atoms with Crippen molar-refractivity contribution in [1.82, 2.24) is 4.90 Å². The summed E-state index contributed by atoms with van der Waals surface area (Å²) in [6.07, 6.45) is 0.473. The van der Waals surface area contributed by atoms with Gasteiger partial charge >= 0.3 is 11.9 Å². The smallest absolute Gasteiger partial charge is 0.354 e. The Morgan fingerprint density at radius 3 is 2.45 bits per heavy atom. The summed E-state index contributed by atoms with van der Waals surface area (Å²) in [6, 6.07) is 20.3. The minimum absolute atomic E-state index is 0.0227. The number of ether oxygens (including phenoxy) is 3. The maximum Gasteiger partial charge on any atom is 0.354 e. The molecule has 5 rings (SSSR count). The lowest BCUT2D eigenvalue weighted by Gasteiger charge is -2.46. The highest BCUT2D eigenvalue weighted by Crippen LogP contribution is 2.68. The van der Waals surface area contributed by atoms with Crippen LogP contribution in [0.25, 0.3) is 0 Å². The van der Waals surface area contributed by atoms with Crippen LogP contribution in [0.1, 0.15) is 30.5 Å². The Hall–Kier alpha value is -2.70. The van der Waals surface area contributed by atoms with Crippen LogP contribution in [0.15, 0.2) is 60.7 Å². The minimum atomic E-state index is -1.64. The number of carbonyl (C=O) groups excluding carboxylic acids is 2. The molecule has 150 valence electrons. The van der Waals surface area contributed by atoms with Gasteiger partial charge in [-0.05, 0) is 18.1 Å². The molecule has 3 aliphatic rings. The van der Waals surface area contributed by atoms with Crippen molar-refractivity contribution in [2.45, 2.75) is 42.7 Å². The van der Waals surface area contributed by atoms with E-state index in [9.17, 15) is 9.59 Å². The molecule has 0 N–H and O–H groups in total. The molecule has 0 radical (unpaired) electrons. The first kappa shape index (κ1) is 18.3. The van der Waals surface area contributed by atoms with Crippen molar-refractivity contribution in [3.63, 3.8) is 0 Å². The Balaban J connectivity index is 1.55. The third kappa shape index (κ3) is 2.36. The molecule has 0 amide bonds. The first-order valence-electron chi connectivity index (χ1n) is 9.81. The van der Waals surface area contributed by atoms with Crippen LogP contribution in [0, 0.1) is 0 Å². The predicted octanol–water partition coefficient (Wildman–Crippen LogP) is 2.63. The maximum absolute atomic E-state index is 12.7. The first-order chi connectivity index (χ1) is 14.0. The number of carbonyl (C=O) groups is 2.